The highest BCUT2D eigenvalue weighted by molar-refractivity contribution is 7.92. The van der Waals surface area contributed by atoms with Gasteiger partial charge in [-0.25, -0.2) is 21.5 Å². The average molecular weight is 1060 g/mol. The number of hydrogen-bond acceptors (Lipinski definition) is 14. The van der Waals surface area contributed by atoms with E-state index in [0.717, 1.165) is 18.4 Å². The Morgan fingerprint density at radius 1 is 0.644 bits per heavy atom. The molecular weight excluding hydrogens is 1010 g/mol. The lowest BCUT2D eigenvalue weighted by Crippen LogP contribution is -2.55. The third kappa shape index (κ3) is 7.45. The van der Waals surface area contributed by atoms with Crippen molar-refractivity contribution in [1.29, 1.82) is 0 Å². The number of amides is 2. The number of carbonyl (C=O) groups excluding carboxylic acids is 2. The number of carbonyl (C=O) groups is 2. The van der Waals surface area contributed by atoms with Gasteiger partial charge in [0.05, 0.1) is 77.3 Å². The van der Waals surface area contributed by atoms with Gasteiger partial charge in [0.15, 0.2) is 11.7 Å². The van der Waals surface area contributed by atoms with E-state index >= 15 is 0 Å². The molecule has 0 saturated carbocycles. The van der Waals surface area contributed by atoms with Gasteiger partial charge in [-0.3, -0.25) is 9.59 Å². The summed E-state index contributed by atoms with van der Waals surface area (Å²) >= 11 is 0. The zero-order valence-electron chi connectivity index (χ0n) is 39.0. The fourth-order valence-electron chi connectivity index (χ4n) is 12.0. The summed E-state index contributed by atoms with van der Waals surface area (Å²) in [7, 11) is -13.9. The summed E-state index contributed by atoms with van der Waals surface area (Å²) in [6, 6.07) is 14.7. The Morgan fingerprint density at radius 2 is 1.04 bits per heavy atom. The molecule has 24 heteroatoms. The molecule has 8 aliphatic rings. The maximum atomic E-state index is 14.5. The van der Waals surface area contributed by atoms with Crippen molar-refractivity contribution in [1.82, 2.24) is 9.80 Å². The number of aliphatic hydroxyl groups is 2. The lowest BCUT2D eigenvalue weighted by molar-refractivity contribution is -0.134. The molecule has 12 rings (SSSR count). The number of ether oxygens (including phenoxy) is 2. The molecule has 2 amide bonds. The molecule has 4 aromatic carbocycles. The number of halogens is 2. The Hall–Kier alpha value is -6.73. The molecule has 0 spiro atoms. The molecule has 4 saturated heterocycles. The fourth-order valence-corrected chi connectivity index (χ4v) is 15.3. The number of amidine groups is 2. The van der Waals surface area contributed by atoms with Gasteiger partial charge in [-0.15, -0.1) is 8.80 Å². The van der Waals surface area contributed by atoms with Crippen molar-refractivity contribution >= 4 is 76.3 Å². The minimum absolute atomic E-state index is 0.00335. The van der Waals surface area contributed by atoms with E-state index in [1.165, 1.54) is 58.3 Å². The fraction of sp³-hybridized carbons (Fsp3) is 0.347. The summed E-state index contributed by atoms with van der Waals surface area (Å²) in [6.07, 6.45) is 1.52. The number of rotatable bonds is 9. The molecule has 380 valence electrons. The van der Waals surface area contributed by atoms with Crippen LogP contribution in [-0.2, 0) is 62.2 Å². The van der Waals surface area contributed by atoms with Crippen molar-refractivity contribution in [2.45, 2.75) is 98.9 Å². The van der Waals surface area contributed by atoms with Crippen LogP contribution in [0.25, 0.3) is 0 Å². The molecule has 4 fully saturated rings. The highest BCUT2D eigenvalue weighted by atomic mass is 32.2. The Balaban J connectivity index is 0.856. The summed E-state index contributed by atoms with van der Waals surface area (Å²) in [4.78, 5) is 30.9. The molecule has 4 bridgehead atoms. The van der Waals surface area contributed by atoms with Gasteiger partial charge in [0, 0.05) is 13.1 Å². The Bertz CT molecular complexity index is 3440. The molecule has 8 heterocycles. The lowest BCUT2D eigenvalue weighted by atomic mass is 9.77. The summed E-state index contributed by atoms with van der Waals surface area (Å²) in [5, 5.41) is 29.2. The molecule has 0 aliphatic carbocycles. The number of aliphatic hydroxyl groups excluding tert-OH is 2. The minimum Gasteiger partial charge on any atom is -0.511 e. The average Bonchev–Trinajstić information content (AvgIpc) is 4.15. The van der Waals surface area contributed by atoms with Crippen molar-refractivity contribution in [2.24, 2.45) is 20.6 Å². The highest BCUT2D eigenvalue weighted by Gasteiger charge is 2.60. The van der Waals surface area contributed by atoms with Gasteiger partial charge in [-0.1, -0.05) is 24.3 Å². The van der Waals surface area contributed by atoms with Gasteiger partial charge in [-0.2, -0.15) is 16.8 Å². The zero-order chi connectivity index (χ0) is 51.4. The maximum absolute atomic E-state index is 14.5. The van der Waals surface area contributed by atoms with Crippen LogP contribution in [0.2, 0.25) is 0 Å². The second kappa shape index (κ2) is 16.4. The molecule has 0 aromatic heterocycles. The SMILES string of the molecule is Cc1cc(CN2C(=O)C(C3=NS(=O)(=O)c4cc(N(c5ccc6c(c5)S(=O)(=O)N=C(C5=C(O)C7C8CCC(O8)C7N(Cc7ccc(F)c(C)c7)C5=O)N6)S(C)(=O)=O)ccc4N3)=C(O)C3C4CCC(O4)C32)ccc1F. The van der Waals surface area contributed by atoms with E-state index in [2.05, 4.69) is 19.4 Å². The zero-order valence-corrected chi connectivity index (χ0v) is 41.4. The van der Waals surface area contributed by atoms with Crippen LogP contribution in [0.4, 0.5) is 31.5 Å². The molecular formula is C49H45F2N7O12S3. The molecule has 4 N–H and O–H groups in total. The van der Waals surface area contributed by atoms with Crippen molar-refractivity contribution in [3.63, 3.8) is 0 Å². The first kappa shape index (κ1) is 47.3. The van der Waals surface area contributed by atoms with Crippen LogP contribution >= 0.6 is 0 Å². The van der Waals surface area contributed by atoms with E-state index < -0.39 is 146 Å². The molecule has 8 unspecified atom stereocenters. The van der Waals surface area contributed by atoms with E-state index in [-0.39, 0.29) is 35.8 Å². The van der Waals surface area contributed by atoms with Crippen LogP contribution in [0.15, 0.2) is 114 Å². The van der Waals surface area contributed by atoms with Gasteiger partial charge in [-0.05, 0) is 110 Å². The number of hydrogen-bond donors (Lipinski definition) is 4. The number of fused-ring (bicyclic) bond motifs is 12. The molecule has 4 aromatic rings. The van der Waals surface area contributed by atoms with Gasteiger partial charge >= 0.3 is 0 Å². The standard InChI is InChI=1S/C49H45F2N7O12S3/c1-22-16-24(4-8-28(22)50)20-56-42-34-14-12-32(69-34)38(42)44(59)40(48(56)61)46-52-30-10-6-26(18-36(30)72(65,66)54-46)58(71(3,63)64)27-7-11-31-37(19-27)73(67,68)55-47(53-31)41-45(60)39-33-13-15-35(70-33)43(39)57(49(41)62)21-25-5-9-29(51)23(2)17-25/h4-11,16-19,32-35,38-39,42-43,59-60H,12-15,20-21H2,1-3H3,(H,52,54)(H,53,55). The van der Waals surface area contributed by atoms with E-state index in [1.807, 2.05) is 0 Å². The second-order valence-electron chi connectivity index (χ2n) is 19.6. The van der Waals surface area contributed by atoms with Crippen LogP contribution in [0.5, 0.6) is 0 Å². The predicted octanol–water partition coefficient (Wildman–Crippen LogP) is 5.51. The first-order valence-corrected chi connectivity index (χ1v) is 28.1. The number of sulfonamides is 3. The smallest absolute Gasteiger partial charge is 0.286 e. The van der Waals surface area contributed by atoms with Gasteiger partial charge < -0.3 is 40.1 Å². The predicted molar refractivity (Wildman–Crippen MR) is 259 cm³/mol. The maximum Gasteiger partial charge on any atom is 0.286 e. The molecule has 8 aliphatic heterocycles. The first-order valence-electron chi connectivity index (χ1n) is 23.4. The van der Waals surface area contributed by atoms with E-state index in [0.29, 0.717) is 52.2 Å². The van der Waals surface area contributed by atoms with Crippen molar-refractivity contribution in [3.8, 4) is 0 Å². The summed E-state index contributed by atoms with van der Waals surface area (Å²) in [5.41, 5.74) is 0.359. The van der Waals surface area contributed by atoms with Crippen LogP contribution in [0, 0.1) is 37.3 Å². The summed E-state index contributed by atoms with van der Waals surface area (Å²) in [6.45, 7) is 3.17. The van der Waals surface area contributed by atoms with E-state index in [1.54, 1.807) is 26.0 Å². The Labute approximate surface area is 417 Å². The topological polar surface area (TPSA) is 254 Å². The van der Waals surface area contributed by atoms with Crippen LogP contribution in [0.3, 0.4) is 0 Å². The lowest BCUT2D eigenvalue weighted by Gasteiger charge is -2.42. The number of nitrogens with one attached hydrogen (secondary N) is 2. The van der Waals surface area contributed by atoms with Gasteiger partial charge in [0.1, 0.15) is 44.1 Å². The summed E-state index contributed by atoms with van der Waals surface area (Å²) in [5.74, 6) is -5.50. The monoisotopic (exact) mass is 1060 g/mol. The second-order valence-corrected chi connectivity index (χ2v) is 24.6. The third-order valence-corrected chi connectivity index (χ3v) is 18.8. The minimum atomic E-state index is -4.77. The van der Waals surface area contributed by atoms with Crippen LogP contribution in [-0.4, -0.2) is 112 Å². The molecule has 0 radical (unpaired) electrons. The van der Waals surface area contributed by atoms with Crippen LogP contribution < -0.4 is 14.9 Å². The third-order valence-electron chi connectivity index (χ3n) is 15.1. The molecule has 73 heavy (non-hydrogen) atoms. The number of benzene rings is 4. The number of nitrogens with zero attached hydrogens (tertiary/aromatic N) is 5. The quantitative estimate of drug-likeness (QED) is 0.161. The highest BCUT2D eigenvalue weighted by Crippen LogP contribution is 2.51. The van der Waals surface area contributed by atoms with E-state index in [4.69, 9.17) is 9.47 Å². The number of anilines is 4. The Morgan fingerprint density at radius 3 is 1.42 bits per heavy atom. The van der Waals surface area contributed by atoms with Crippen LogP contribution in [0.1, 0.15) is 47.9 Å². The summed E-state index contributed by atoms with van der Waals surface area (Å²) < 4.78 is 133. The first-order chi connectivity index (χ1) is 34.6. The largest absolute Gasteiger partial charge is 0.511 e. The van der Waals surface area contributed by atoms with E-state index in [9.17, 15) is 53.8 Å². The van der Waals surface area contributed by atoms with Crippen molar-refractivity contribution in [3.05, 3.63) is 129 Å². The molecule has 19 nitrogen and oxygen atoms in total. The molecule has 8 atom stereocenters. The Kier molecular flexibility index (Phi) is 10.6. The van der Waals surface area contributed by atoms with Crippen molar-refractivity contribution < 1.29 is 63.3 Å². The van der Waals surface area contributed by atoms with Crippen molar-refractivity contribution in [2.75, 3.05) is 21.2 Å². The number of aryl methyl sites for hydroxylation is 2. The normalized spacial score (nSPS) is 28.2. The van der Waals surface area contributed by atoms with Gasteiger partial charge in [0.2, 0.25) is 10.0 Å². The van der Waals surface area contributed by atoms with Gasteiger partial charge in [0.25, 0.3) is 31.9 Å².